The van der Waals surface area contributed by atoms with Crippen LogP contribution >= 0.6 is 0 Å². The standard InChI is InChI=1S/C19H20F2N2O/c1-12-2-4-13(5-3-12)19(24)23-18-7-6-14(11-22-18)15-8-16(20)10-17(21)9-15/h6-13H,2-5H2,1H3,(H,22,23,24). The van der Waals surface area contributed by atoms with Crippen LogP contribution in [0.15, 0.2) is 36.5 Å². The van der Waals surface area contributed by atoms with E-state index in [0.29, 0.717) is 22.9 Å². The molecule has 1 fully saturated rings. The van der Waals surface area contributed by atoms with Crippen LogP contribution in [0.5, 0.6) is 0 Å². The van der Waals surface area contributed by atoms with Gasteiger partial charge in [-0.05, 0) is 61.4 Å². The Morgan fingerprint density at radius 3 is 2.29 bits per heavy atom. The lowest BCUT2D eigenvalue weighted by Crippen LogP contribution is -2.26. The molecule has 1 saturated carbocycles. The Kier molecular flexibility index (Phi) is 4.88. The minimum atomic E-state index is -0.631. The number of carbonyl (C=O) groups excluding carboxylic acids is 1. The van der Waals surface area contributed by atoms with Crippen molar-refractivity contribution in [2.75, 3.05) is 5.32 Å². The van der Waals surface area contributed by atoms with E-state index >= 15 is 0 Å². The van der Waals surface area contributed by atoms with Crippen LogP contribution in [0, 0.1) is 23.5 Å². The number of anilines is 1. The van der Waals surface area contributed by atoms with Crippen LogP contribution < -0.4 is 5.32 Å². The van der Waals surface area contributed by atoms with Crippen LogP contribution in [0.1, 0.15) is 32.6 Å². The van der Waals surface area contributed by atoms with Crippen molar-refractivity contribution in [3.63, 3.8) is 0 Å². The van der Waals surface area contributed by atoms with Crippen molar-refractivity contribution in [2.24, 2.45) is 11.8 Å². The van der Waals surface area contributed by atoms with Crippen molar-refractivity contribution in [1.82, 2.24) is 4.98 Å². The van der Waals surface area contributed by atoms with Gasteiger partial charge in [0.25, 0.3) is 0 Å². The number of amides is 1. The fourth-order valence-electron chi connectivity index (χ4n) is 3.11. The van der Waals surface area contributed by atoms with Gasteiger partial charge in [-0.25, -0.2) is 13.8 Å². The van der Waals surface area contributed by atoms with Crippen molar-refractivity contribution in [3.05, 3.63) is 48.2 Å². The van der Waals surface area contributed by atoms with E-state index in [1.54, 1.807) is 12.1 Å². The molecule has 1 aliphatic carbocycles. The first-order chi connectivity index (χ1) is 11.5. The predicted molar refractivity (Wildman–Crippen MR) is 89.3 cm³/mol. The molecule has 0 saturated heterocycles. The molecular weight excluding hydrogens is 310 g/mol. The minimum absolute atomic E-state index is 0.000972. The lowest BCUT2D eigenvalue weighted by molar-refractivity contribution is -0.121. The fourth-order valence-corrected chi connectivity index (χ4v) is 3.11. The van der Waals surface area contributed by atoms with Gasteiger partial charge in [0.05, 0.1) is 0 Å². The van der Waals surface area contributed by atoms with Gasteiger partial charge in [-0.15, -0.1) is 0 Å². The maximum absolute atomic E-state index is 13.3. The summed E-state index contributed by atoms with van der Waals surface area (Å²) in [4.78, 5) is 16.5. The molecule has 3 rings (SSSR count). The number of aromatic nitrogens is 1. The van der Waals surface area contributed by atoms with E-state index in [0.717, 1.165) is 31.7 Å². The Labute approximate surface area is 140 Å². The summed E-state index contributed by atoms with van der Waals surface area (Å²) in [5.41, 5.74) is 1.01. The molecule has 0 radical (unpaired) electrons. The third-order valence-electron chi connectivity index (χ3n) is 4.60. The van der Waals surface area contributed by atoms with Crippen molar-refractivity contribution >= 4 is 11.7 Å². The summed E-state index contributed by atoms with van der Waals surface area (Å²) in [7, 11) is 0. The molecule has 24 heavy (non-hydrogen) atoms. The molecule has 3 nitrogen and oxygen atoms in total. The maximum Gasteiger partial charge on any atom is 0.228 e. The number of pyridine rings is 1. The van der Waals surface area contributed by atoms with Crippen LogP contribution in [-0.2, 0) is 4.79 Å². The molecule has 1 heterocycles. The van der Waals surface area contributed by atoms with E-state index < -0.39 is 11.6 Å². The van der Waals surface area contributed by atoms with Gasteiger partial charge in [0, 0.05) is 23.7 Å². The molecule has 1 N–H and O–H groups in total. The topological polar surface area (TPSA) is 42.0 Å². The highest BCUT2D eigenvalue weighted by atomic mass is 19.1. The maximum atomic E-state index is 13.3. The zero-order valence-corrected chi connectivity index (χ0v) is 13.6. The number of nitrogens with zero attached hydrogens (tertiary/aromatic N) is 1. The first kappa shape index (κ1) is 16.6. The van der Waals surface area contributed by atoms with E-state index in [1.807, 2.05) is 0 Å². The molecule has 126 valence electrons. The molecule has 0 atom stereocenters. The minimum Gasteiger partial charge on any atom is -0.310 e. The molecule has 1 aromatic heterocycles. The van der Waals surface area contributed by atoms with Gasteiger partial charge in [0.1, 0.15) is 17.5 Å². The number of halogens is 2. The number of benzene rings is 1. The third-order valence-corrected chi connectivity index (χ3v) is 4.60. The average Bonchev–Trinajstić information content (AvgIpc) is 2.55. The molecule has 0 bridgehead atoms. The number of nitrogens with one attached hydrogen (secondary N) is 1. The molecule has 1 amide bonds. The number of hydrogen-bond acceptors (Lipinski definition) is 2. The van der Waals surface area contributed by atoms with E-state index in [-0.39, 0.29) is 11.8 Å². The van der Waals surface area contributed by atoms with Crippen molar-refractivity contribution in [1.29, 1.82) is 0 Å². The number of carbonyl (C=O) groups is 1. The van der Waals surface area contributed by atoms with Gasteiger partial charge in [-0.1, -0.05) is 6.92 Å². The van der Waals surface area contributed by atoms with E-state index in [1.165, 1.54) is 18.3 Å². The Morgan fingerprint density at radius 2 is 1.71 bits per heavy atom. The highest BCUT2D eigenvalue weighted by Crippen LogP contribution is 2.29. The van der Waals surface area contributed by atoms with Crippen LogP contribution in [0.4, 0.5) is 14.6 Å². The summed E-state index contributed by atoms with van der Waals surface area (Å²) in [6, 6.07) is 6.68. The highest BCUT2D eigenvalue weighted by Gasteiger charge is 2.24. The van der Waals surface area contributed by atoms with Gasteiger partial charge in [-0.3, -0.25) is 4.79 Å². The van der Waals surface area contributed by atoms with E-state index in [4.69, 9.17) is 0 Å². The van der Waals surface area contributed by atoms with Crippen LogP contribution in [0.3, 0.4) is 0 Å². The van der Waals surface area contributed by atoms with Crippen molar-refractivity contribution in [3.8, 4) is 11.1 Å². The fraction of sp³-hybridized carbons (Fsp3) is 0.368. The van der Waals surface area contributed by atoms with E-state index in [2.05, 4.69) is 17.2 Å². The van der Waals surface area contributed by atoms with Crippen LogP contribution in [0.25, 0.3) is 11.1 Å². The summed E-state index contributed by atoms with van der Waals surface area (Å²) in [6.45, 7) is 2.21. The molecular formula is C19H20F2N2O. The Morgan fingerprint density at radius 1 is 1.04 bits per heavy atom. The zero-order chi connectivity index (χ0) is 17.1. The van der Waals surface area contributed by atoms with Gasteiger partial charge in [0.15, 0.2) is 0 Å². The quantitative estimate of drug-likeness (QED) is 0.879. The second kappa shape index (κ2) is 7.07. The van der Waals surface area contributed by atoms with Gasteiger partial charge in [0.2, 0.25) is 5.91 Å². The molecule has 5 heteroatoms. The monoisotopic (exact) mass is 330 g/mol. The smallest absolute Gasteiger partial charge is 0.228 e. The van der Waals surface area contributed by atoms with Crippen molar-refractivity contribution < 1.29 is 13.6 Å². The zero-order valence-electron chi connectivity index (χ0n) is 13.6. The molecule has 1 aliphatic rings. The normalized spacial score (nSPS) is 20.6. The largest absolute Gasteiger partial charge is 0.310 e. The second-order valence-corrected chi connectivity index (χ2v) is 6.54. The third kappa shape index (κ3) is 3.96. The van der Waals surface area contributed by atoms with E-state index in [9.17, 15) is 13.6 Å². The first-order valence-electron chi connectivity index (χ1n) is 8.24. The Hall–Kier alpha value is -2.30. The lowest BCUT2D eigenvalue weighted by atomic mass is 9.82. The van der Waals surface area contributed by atoms with Gasteiger partial charge < -0.3 is 5.32 Å². The molecule has 0 aliphatic heterocycles. The summed E-state index contributed by atoms with van der Waals surface area (Å²) >= 11 is 0. The SMILES string of the molecule is CC1CCC(C(=O)Nc2ccc(-c3cc(F)cc(F)c3)cn2)CC1. The van der Waals surface area contributed by atoms with Crippen LogP contribution in [0.2, 0.25) is 0 Å². The van der Waals surface area contributed by atoms with Gasteiger partial charge in [-0.2, -0.15) is 0 Å². The number of hydrogen-bond donors (Lipinski definition) is 1. The second-order valence-electron chi connectivity index (χ2n) is 6.54. The molecule has 0 spiro atoms. The molecule has 0 unspecified atom stereocenters. The summed E-state index contributed by atoms with van der Waals surface area (Å²) in [6.07, 6.45) is 5.49. The predicted octanol–water partition coefficient (Wildman–Crippen LogP) is 4.79. The average molecular weight is 330 g/mol. The van der Waals surface area contributed by atoms with Crippen molar-refractivity contribution in [2.45, 2.75) is 32.6 Å². The molecule has 2 aromatic rings. The Balaban J connectivity index is 1.67. The highest BCUT2D eigenvalue weighted by molar-refractivity contribution is 5.91. The lowest BCUT2D eigenvalue weighted by Gasteiger charge is -2.25. The van der Waals surface area contributed by atoms with Gasteiger partial charge >= 0.3 is 0 Å². The first-order valence-corrected chi connectivity index (χ1v) is 8.24. The van der Waals surface area contributed by atoms with Crippen LogP contribution in [-0.4, -0.2) is 10.9 Å². The summed E-state index contributed by atoms with van der Waals surface area (Å²) in [5.74, 6) is -0.0703. The number of rotatable bonds is 3. The Bertz CT molecular complexity index is 702. The molecule has 1 aromatic carbocycles. The summed E-state index contributed by atoms with van der Waals surface area (Å²) < 4.78 is 26.6. The summed E-state index contributed by atoms with van der Waals surface area (Å²) in [5, 5.41) is 2.83.